The van der Waals surface area contributed by atoms with Crippen LogP contribution in [-0.2, 0) is 18.6 Å². The third-order valence-corrected chi connectivity index (χ3v) is 4.12. The Morgan fingerprint density at radius 3 is 2.65 bits per heavy atom. The number of hydrogen-bond acceptors (Lipinski definition) is 4. The Morgan fingerprint density at radius 2 is 2.00 bits per heavy atom. The van der Waals surface area contributed by atoms with Gasteiger partial charge >= 0.3 is 0 Å². The number of rotatable bonds is 3. The van der Waals surface area contributed by atoms with Gasteiger partial charge in [0.25, 0.3) is 0 Å². The highest BCUT2D eigenvalue weighted by Crippen LogP contribution is 2.29. The van der Waals surface area contributed by atoms with Crippen molar-refractivity contribution in [1.29, 1.82) is 0 Å². The van der Waals surface area contributed by atoms with E-state index in [9.17, 15) is 0 Å². The second-order valence-electron chi connectivity index (χ2n) is 5.42. The average Bonchev–Trinajstić information content (AvgIpc) is 2.72. The summed E-state index contributed by atoms with van der Waals surface area (Å²) in [5, 5.41) is 3.20. The molecule has 0 radical (unpaired) electrons. The van der Waals surface area contributed by atoms with Gasteiger partial charge in [-0.05, 0) is 19.3 Å². The molecule has 0 saturated carbocycles. The molecule has 0 aromatic carbocycles. The lowest BCUT2D eigenvalue weighted by Crippen LogP contribution is -2.10. The van der Waals surface area contributed by atoms with Crippen LogP contribution in [0.3, 0.4) is 0 Å². The highest BCUT2D eigenvalue weighted by Gasteiger charge is 2.19. The molecule has 0 unspecified atom stereocenters. The Bertz CT molecular complexity index is 410. The minimum Gasteiger partial charge on any atom is -0.373 e. The molecule has 17 heavy (non-hydrogen) atoms. The van der Waals surface area contributed by atoms with Gasteiger partial charge in [0.1, 0.15) is 11.6 Å². The minimum absolute atomic E-state index is 0.266. The van der Waals surface area contributed by atoms with Crippen molar-refractivity contribution in [2.24, 2.45) is 0 Å². The number of hydrogen-bond donors (Lipinski definition) is 1. The third kappa shape index (κ3) is 3.12. The fourth-order valence-electron chi connectivity index (χ4n) is 2.04. The first-order valence-corrected chi connectivity index (χ1v) is 7.18. The molecule has 3 nitrogen and oxygen atoms in total. The number of nitrogens with one attached hydrogen (secondary N) is 1. The van der Waals surface area contributed by atoms with E-state index < -0.39 is 0 Å². The summed E-state index contributed by atoms with van der Waals surface area (Å²) in [5.74, 6) is 2.90. The standard InChI is InChI=1S/C13H21N3S/c1-13(2,3)17-8-11-15-10-7-5-6-9(10)12(14-4)16-11/h5-8H2,1-4H3,(H,14,15,16). The van der Waals surface area contributed by atoms with Gasteiger partial charge in [-0.2, -0.15) is 0 Å². The first-order chi connectivity index (χ1) is 7.99. The van der Waals surface area contributed by atoms with E-state index in [0.717, 1.165) is 30.2 Å². The second kappa shape index (κ2) is 4.84. The van der Waals surface area contributed by atoms with Crippen LogP contribution in [0, 0.1) is 0 Å². The Kier molecular flexibility index (Phi) is 3.61. The van der Waals surface area contributed by atoms with E-state index in [2.05, 4.69) is 31.1 Å². The predicted molar refractivity (Wildman–Crippen MR) is 74.7 cm³/mol. The molecule has 0 saturated heterocycles. The maximum atomic E-state index is 4.69. The minimum atomic E-state index is 0.266. The lowest BCUT2D eigenvalue weighted by atomic mass is 10.2. The molecule has 0 aliphatic heterocycles. The first-order valence-electron chi connectivity index (χ1n) is 6.20. The van der Waals surface area contributed by atoms with E-state index in [1.54, 1.807) is 0 Å². The molecular weight excluding hydrogens is 230 g/mol. The van der Waals surface area contributed by atoms with Crippen molar-refractivity contribution in [3.63, 3.8) is 0 Å². The topological polar surface area (TPSA) is 37.8 Å². The van der Waals surface area contributed by atoms with Crippen molar-refractivity contribution in [2.45, 2.75) is 50.5 Å². The fourth-order valence-corrected chi connectivity index (χ4v) is 2.73. The molecule has 1 aromatic heterocycles. The van der Waals surface area contributed by atoms with E-state index >= 15 is 0 Å². The zero-order valence-electron chi connectivity index (χ0n) is 11.1. The van der Waals surface area contributed by atoms with Crippen molar-refractivity contribution in [1.82, 2.24) is 9.97 Å². The Morgan fingerprint density at radius 1 is 1.24 bits per heavy atom. The van der Waals surface area contributed by atoms with Gasteiger partial charge in [-0.25, -0.2) is 9.97 Å². The van der Waals surface area contributed by atoms with Crippen molar-refractivity contribution in [3.8, 4) is 0 Å². The second-order valence-corrected chi connectivity index (χ2v) is 7.22. The molecule has 2 rings (SSSR count). The normalized spacial score (nSPS) is 14.8. The molecule has 0 amide bonds. The lowest BCUT2D eigenvalue weighted by molar-refractivity contribution is 0.799. The van der Waals surface area contributed by atoms with Gasteiger partial charge in [0.15, 0.2) is 0 Å². The van der Waals surface area contributed by atoms with Crippen LogP contribution in [0.1, 0.15) is 44.3 Å². The van der Waals surface area contributed by atoms with Crippen molar-refractivity contribution in [3.05, 3.63) is 17.1 Å². The van der Waals surface area contributed by atoms with Crippen LogP contribution in [0.4, 0.5) is 5.82 Å². The van der Waals surface area contributed by atoms with Crippen LogP contribution in [0.15, 0.2) is 0 Å². The largest absolute Gasteiger partial charge is 0.373 e. The van der Waals surface area contributed by atoms with Gasteiger partial charge in [-0.3, -0.25) is 0 Å². The summed E-state index contributed by atoms with van der Waals surface area (Å²) in [4.78, 5) is 9.32. The molecule has 1 heterocycles. The number of aromatic nitrogens is 2. The molecular formula is C13H21N3S. The molecule has 1 aliphatic carbocycles. The van der Waals surface area contributed by atoms with Crippen LogP contribution in [-0.4, -0.2) is 21.8 Å². The van der Waals surface area contributed by atoms with Crippen molar-refractivity contribution < 1.29 is 0 Å². The zero-order valence-corrected chi connectivity index (χ0v) is 11.9. The summed E-state index contributed by atoms with van der Waals surface area (Å²) in [5.41, 5.74) is 2.59. The van der Waals surface area contributed by atoms with Gasteiger partial charge in [-0.1, -0.05) is 20.8 Å². The van der Waals surface area contributed by atoms with E-state index in [1.165, 1.54) is 17.7 Å². The van der Waals surface area contributed by atoms with Gasteiger partial charge < -0.3 is 5.32 Å². The molecule has 0 spiro atoms. The summed E-state index contributed by atoms with van der Waals surface area (Å²) in [6.07, 6.45) is 3.45. The Balaban J connectivity index is 2.19. The van der Waals surface area contributed by atoms with Gasteiger partial charge in [0, 0.05) is 23.1 Å². The van der Waals surface area contributed by atoms with Gasteiger partial charge in [0.2, 0.25) is 0 Å². The van der Waals surface area contributed by atoms with Crippen LogP contribution in [0.5, 0.6) is 0 Å². The van der Waals surface area contributed by atoms with Crippen LogP contribution in [0.2, 0.25) is 0 Å². The highest BCUT2D eigenvalue weighted by atomic mass is 32.2. The molecule has 1 N–H and O–H groups in total. The molecule has 1 aliphatic rings. The maximum absolute atomic E-state index is 4.69. The van der Waals surface area contributed by atoms with Gasteiger partial charge in [-0.15, -0.1) is 11.8 Å². The number of nitrogens with zero attached hydrogens (tertiary/aromatic N) is 2. The molecule has 94 valence electrons. The van der Waals surface area contributed by atoms with Gasteiger partial charge in [0.05, 0.1) is 5.75 Å². The van der Waals surface area contributed by atoms with Crippen LogP contribution < -0.4 is 5.32 Å². The first kappa shape index (κ1) is 12.7. The molecule has 0 fully saturated rings. The third-order valence-electron chi connectivity index (χ3n) is 2.85. The molecule has 0 atom stereocenters. The van der Waals surface area contributed by atoms with E-state index in [1.807, 2.05) is 18.8 Å². The fraction of sp³-hybridized carbons (Fsp3) is 0.692. The molecule has 4 heteroatoms. The van der Waals surface area contributed by atoms with Crippen molar-refractivity contribution in [2.75, 3.05) is 12.4 Å². The number of thioether (sulfide) groups is 1. The summed E-state index contributed by atoms with van der Waals surface area (Å²) >= 11 is 1.90. The number of anilines is 1. The maximum Gasteiger partial charge on any atom is 0.140 e. The number of fused-ring (bicyclic) bond motifs is 1. The lowest BCUT2D eigenvalue weighted by Gasteiger charge is -2.17. The molecule has 0 bridgehead atoms. The summed E-state index contributed by atoms with van der Waals surface area (Å²) in [7, 11) is 1.95. The summed E-state index contributed by atoms with van der Waals surface area (Å²) in [6.45, 7) is 6.68. The Labute approximate surface area is 108 Å². The van der Waals surface area contributed by atoms with E-state index in [4.69, 9.17) is 4.98 Å². The predicted octanol–water partition coefficient (Wildman–Crippen LogP) is 3.04. The number of aryl methyl sites for hydroxylation is 1. The smallest absolute Gasteiger partial charge is 0.140 e. The summed E-state index contributed by atoms with van der Waals surface area (Å²) in [6, 6.07) is 0. The molecule has 1 aromatic rings. The zero-order chi connectivity index (χ0) is 12.5. The quantitative estimate of drug-likeness (QED) is 0.896. The summed E-state index contributed by atoms with van der Waals surface area (Å²) < 4.78 is 0.266. The highest BCUT2D eigenvalue weighted by molar-refractivity contribution is 7.99. The average molecular weight is 251 g/mol. The Hall–Kier alpha value is -0.770. The van der Waals surface area contributed by atoms with Crippen molar-refractivity contribution >= 4 is 17.6 Å². The van der Waals surface area contributed by atoms with E-state index in [0.29, 0.717) is 0 Å². The monoisotopic (exact) mass is 251 g/mol. The van der Waals surface area contributed by atoms with Crippen LogP contribution >= 0.6 is 11.8 Å². The van der Waals surface area contributed by atoms with Crippen LogP contribution in [0.25, 0.3) is 0 Å². The SMILES string of the molecule is CNc1nc(CSC(C)(C)C)nc2c1CCC2. The van der Waals surface area contributed by atoms with E-state index in [-0.39, 0.29) is 4.75 Å².